The van der Waals surface area contributed by atoms with E-state index in [9.17, 15) is 9.59 Å². The number of hydrogen-bond acceptors (Lipinski definition) is 3. The quantitative estimate of drug-likeness (QED) is 0.775. The highest BCUT2D eigenvalue weighted by Gasteiger charge is 2.14. The van der Waals surface area contributed by atoms with Crippen LogP contribution >= 0.6 is 0 Å². The predicted molar refractivity (Wildman–Crippen MR) is 113 cm³/mol. The molecule has 5 heteroatoms. The van der Waals surface area contributed by atoms with Crippen LogP contribution in [0.1, 0.15) is 47.8 Å². The average molecular weight is 382 g/mol. The molecule has 0 radical (unpaired) electrons. The van der Waals surface area contributed by atoms with Crippen LogP contribution in [0.4, 0.5) is 0 Å². The normalized spacial score (nSPS) is 11.4. The Morgan fingerprint density at radius 2 is 1.43 bits per heavy atom. The van der Waals surface area contributed by atoms with Crippen molar-refractivity contribution < 1.29 is 9.59 Å². The minimum Gasteiger partial charge on any atom is -0.350 e. The summed E-state index contributed by atoms with van der Waals surface area (Å²) < 4.78 is 0. The van der Waals surface area contributed by atoms with Gasteiger partial charge in [-0.3, -0.25) is 9.59 Å². The second-order valence-corrected chi connectivity index (χ2v) is 8.34. The van der Waals surface area contributed by atoms with Crippen LogP contribution in [0.3, 0.4) is 0 Å². The number of nitrogens with one attached hydrogen (secondary N) is 2. The molecule has 0 atom stereocenters. The van der Waals surface area contributed by atoms with E-state index < -0.39 is 0 Å². The smallest absolute Gasteiger partial charge is 0.251 e. The van der Waals surface area contributed by atoms with Crippen LogP contribution in [0.2, 0.25) is 0 Å². The Labute approximate surface area is 168 Å². The highest BCUT2D eigenvalue weighted by atomic mass is 16.2. The minimum atomic E-state index is -0.247. The first-order valence-corrected chi connectivity index (χ1v) is 9.53. The number of rotatable bonds is 7. The first-order valence-electron chi connectivity index (χ1n) is 9.53. The Balaban J connectivity index is 1.78. The van der Waals surface area contributed by atoms with Gasteiger partial charge in [0.15, 0.2) is 0 Å². The van der Waals surface area contributed by atoms with Gasteiger partial charge in [-0.2, -0.15) is 0 Å². The Morgan fingerprint density at radius 1 is 0.857 bits per heavy atom. The molecule has 2 amide bonds. The van der Waals surface area contributed by atoms with Crippen molar-refractivity contribution in [2.75, 3.05) is 20.6 Å². The molecular weight excluding hydrogens is 350 g/mol. The zero-order valence-corrected chi connectivity index (χ0v) is 17.5. The lowest BCUT2D eigenvalue weighted by atomic mass is 9.87. The summed E-state index contributed by atoms with van der Waals surface area (Å²) in [5, 5.41) is 5.50. The zero-order chi connectivity index (χ0) is 20.7. The van der Waals surface area contributed by atoms with E-state index in [0.29, 0.717) is 12.1 Å². The molecule has 0 bridgehead atoms. The van der Waals surface area contributed by atoms with Crippen molar-refractivity contribution in [2.45, 2.75) is 39.3 Å². The van der Waals surface area contributed by atoms with E-state index in [2.05, 4.69) is 48.4 Å². The molecule has 28 heavy (non-hydrogen) atoms. The minimum absolute atomic E-state index is 0.0412. The van der Waals surface area contributed by atoms with Gasteiger partial charge in [-0.05, 0) is 48.3 Å². The van der Waals surface area contributed by atoms with E-state index in [1.165, 1.54) is 11.1 Å². The second-order valence-electron chi connectivity index (χ2n) is 8.34. The summed E-state index contributed by atoms with van der Waals surface area (Å²) in [4.78, 5) is 26.3. The van der Waals surface area contributed by atoms with Crippen LogP contribution in [0.5, 0.6) is 0 Å². The van der Waals surface area contributed by atoms with E-state index in [4.69, 9.17) is 0 Å². The van der Waals surface area contributed by atoms with E-state index in [0.717, 1.165) is 12.1 Å². The second kappa shape index (κ2) is 9.51. The lowest BCUT2D eigenvalue weighted by Crippen LogP contribution is -2.36. The summed E-state index contributed by atoms with van der Waals surface area (Å²) in [5.74, 6) is -0.458. The highest BCUT2D eigenvalue weighted by molar-refractivity contribution is 5.96. The van der Waals surface area contributed by atoms with Crippen LogP contribution in [0.25, 0.3) is 0 Å². The van der Waals surface area contributed by atoms with Crippen molar-refractivity contribution in [1.82, 2.24) is 15.5 Å². The van der Waals surface area contributed by atoms with Gasteiger partial charge in [-0.1, -0.05) is 57.2 Å². The molecule has 0 aliphatic rings. The third kappa shape index (κ3) is 6.82. The lowest BCUT2D eigenvalue weighted by molar-refractivity contribution is -0.120. The first-order chi connectivity index (χ1) is 13.1. The van der Waals surface area contributed by atoms with Crippen molar-refractivity contribution in [3.63, 3.8) is 0 Å². The molecule has 0 aromatic heterocycles. The summed E-state index contributed by atoms with van der Waals surface area (Å²) in [7, 11) is 4.06. The topological polar surface area (TPSA) is 61.4 Å². The summed E-state index contributed by atoms with van der Waals surface area (Å²) >= 11 is 0. The van der Waals surface area contributed by atoms with Crippen molar-refractivity contribution >= 4 is 11.8 Å². The van der Waals surface area contributed by atoms with Gasteiger partial charge >= 0.3 is 0 Å². The SMILES string of the molecule is CN(C)Cc1ccc(CNC(=O)CNC(=O)c2ccc(C(C)(C)C)cc2)cc1. The Morgan fingerprint density at radius 3 is 1.96 bits per heavy atom. The van der Waals surface area contributed by atoms with Gasteiger partial charge in [0.1, 0.15) is 0 Å². The maximum atomic E-state index is 12.2. The van der Waals surface area contributed by atoms with Gasteiger partial charge in [0.2, 0.25) is 5.91 Å². The number of carbonyl (C=O) groups excluding carboxylic acids is 2. The van der Waals surface area contributed by atoms with Gasteiger partial charge in [0.05, 0.1) is 6.54 Å². The molecule has 2 rings (SSSR count). The average Bonchev–Trinajstić information content (AvgIpc) is 2.64. The third-order valence-corrected chi connectivity index (χ3v) is 4.43. The van der Waals surface area contributed by atoms with E-state index in [1.807, 2.05) is 38.4 Å². The van der Waals surface area contributed by atoms with E-state index in [1.54, 1.807) is 12.1 Å². The summed E-state index contributed by atoms with van der Waals surface area (Å²) in [6.45, 7) is 7.66. The van der Waals surface area contributed by atoms with E-state index in [-0.39, 0.29) is 23.8 Å². The van der Waals surface area contributed by atoms with Gasteiger partial charge in [-0.15, -0.1) is 0 Å². The summed E-state index contributed by atoms with van der Waals surface area (Å²) in [6, 6.07) is 15.6. The molecule has 0 aliphatic heterocycles. The highest BCUT2D eigenvalue weighted by Crippen LogP contribution is 2.22. The van der Waals surface area contributed by atoms with Crippen molar-refractivity contribution in [3.8, 4) is 0 Å². The number of carbonyl (C=O) groups is 2. The van der Waals surface area contributed by atoms with Crippen molar-refractivity contribution in [2.24, 2.45) is 0 Å². The molecule has 2 aromatic rings. The molecule has 0 aliphatic carbocycles. The van der Waals surface area contributed by atoms with Gasteiger partial charge in [0.25, 0.3) is 5.91 Å². The maximum absolute atomic E-state index is 12.2. The van der Waals surface area contributed by atoms with Gasteiger partial charge in [0, 0.05) is 18.7 Å². The summed E-state index contributed by atoms with van der Waals surface area (Å²) in [6.07, 6.45) is 0. The summed E-state index contributed by atoms with van der Waals surface area (Å²) in [5.41, 5.74) is 4.01. The molecule has 0 saturated heterocycles. The van der Waals surface area contributed by atoms with Crippen molar-refractivity contribution in [3.05, 3.63) is 70.8 Å². The fraction of sp³-hybridized carbons (Fsp3) is 0.391. The molecule has 150 valence electrons. The number of hydrogen-bond donors (Lipinski definition) is 2. The predicted octanol–water partition coefficient (Wildman–Crippen LogP) is 3.09. The number of amides is 2. The molecule has 0 unspecified atom stereocenters. The molecule has 5 nitrogen and oxygen atoms in total. The third-order valence-electron chi connectivity index (χ3n) is 4.43. The van der Waals surface area contributed by atoms with Crippen molar-refractivity contribution in [1.29, 1.82) is 0 Å². The molecule has 0 saturated carbocycles. The molecular formula is C23H31N3O2. The maximum Gasteiger partial charge on any atom is 0.251 e. The monoisotopic (exact) mass is 381 g/mol. The fourth-order valence-corrected chi connectivity index (χ4v) is 2.78. The fourth-order valence-electron chi connectivity index (χ4n) is 2.78. The van der Waals surface area contributed by atoms with Crippen LogP contribution < -0.4 is 10.6 Å². The Hall–Kier alpha value is -2.66. The number of benzene rings is 2. The molecule has 0 spiro atoms. The Bertz CT molecular complexity index is 788. The molecule has 2 N–H and O–H groups in total. The van der Waals surface area contributed by atoms with Crippen LogP contribution in [0.15, 0.2) is 48.5 Å². The lowest BCUT2D eigenvalue weighted by Gasteiger charge is -2.19. The van der Waals surface area contributed by atoms with E-state index >= 15 is 0 Å². The van der Waals surface area contributed by atoms with Gasteiger partial charge < -0.3 is 15.5 Å². The Kier molecular flexibility index (Phi) is 7.35. The molecule has 2 aromatic carbocycles. The number of nitrogens with zero attached hydrogens (tertiary/aromatic N) is 1. The van der Waals surface area contributed by atoms with Crippen LogP contribution in [-0.4, -0.2) is 37.4 Å². The largest absolute Gasteiger partial charge is 0.350 e. The van der Waals surface area contributed by atoms with Crippen LogP contribution in [0, 0.1) is 0 Å². The molecule has 0 fully saturated rings. The molecule has 0 heterocycles. The first kappa shape index (κ1) is 21.6. The zero-order valence-electron chi connectivity index (χ0n) is 17.5. The van der Waals surface area contributed by atoms with Crippen LogP contribution in [-0.2, 0) is 23.3 Å². The van der Waals surface area contributed by atoms with Gasteiger partial charge in [-0.25, -0.2) is 0 Å². The standard InChI is InChI=1S/C23H31N3O2/c1-23(2,3)20-12-10-19(11-13-20)22(28)25-15-21(27)24-14-17-6-8-18(9-7-17)16-26(4)5/h6-13H,14-16H2,1-5H3,(H,24,27)(H,25,28).